The van der Waals surface area contributed by atoms with Crippen LogP contribution in [0.2, 0.25) is 0 Å². The minimum atomic E-state index is -5.25. The second-order valence-electron chi connectivity index (χ2n) is 12.7. The van der Waals surface area contributed by atoms with Crippen molar-refractivity contribution in [3.05, 3.63) is 30.3 Å². The van der Waals surface area contributed by atoms with E-state index >= 15 is 0 Å². The van der Waals surface area contributed by atoms with Gasteiger partial charge < -0.3 is 25.6 Å². The second kappa shape index (κ2) is 11.1. The van der Waals surface area contributed by atoms with Crippen LogP contribution in [0.5, 0.6) is 5.75 Å². The average molecular weight is 592 g/mol. The molecule has 0 aromatic heterocycles. The Morgan fingerprint density at radius 3 is 2.36 bits per heavy atom. The molecule has 0 bridgehead atoms. The predicted molar refractivity (Wildman–Crippen MR) is 143 cm³/mol. The number of piperidine rings is 1. The van der Waals surface area contributed by atoms with E-state index in [1.807, 2.05) is 33.8 Å². The van der Waals surface area contributed by atoms with E-state index in [1.54, 1.807) is 35.6 Å². The molecule has 13 heteroatoms. The first kappa shape index (κ1) is 31.1. The minimum absolute atomic E-state index is 0.0713. The number of amides is 4. The van der Waals surface area contributed by atoms with E-state index in [0.29, 0.717) is 6.42 Å². The van der Waals surface area contributed by atoms with Gasteiger partial charge in [0.15, 0.2) is 0 Å². The molecule has 1 aliphatic carbocycles. The van der Waals surface area contributed by atoms with Crippen LogP contribution in [0.3, 0.4) is 0 Å². The number of nitrogens with zero attached hydrogens (tertiary/aromatic N) is 2. The first-order valence-electron chi connectivity index (χ1n) is 13.9. The molecule has 2 saturated heterocycles. The van der Waals surface area contributed by atoms with Crippen LogP contribution >= 0.6 is 0 Å². The smallest absolute Gasteiger partial charge is 0.471 e. The largest absolute Gasteiger partial charge is 0.488 e. The van der Waals surface area contributed by atoms with Crippen molar-refractivity contribution in [1.82, 2.24) is 20.9 Å². The number of hydrogen-bond acceptors (Lipinski definition) is 6. The van der Waals surface area contributed by atoms with Crippen LogP contribution in [0, 0.1) is 34.5 Å². The number of nitriles is 1. The third kappa shape index (κ3) is 6.32. The first-order chi connectivity index (χ1) is 19.5. The molecule has 3 fully saturated rings. The molecule has 3 N–H and O–H groups in total. The quantitative estimate of drug-likeness (QED) is 0.403. The van der Waals surface area contributed by atoms with E-state index in [1.165, 1.54) is 11.8 Å². The Kier molecular flexibility index (Phi) is 8.23. The number of alkyl halides is 3. The molecule has 3 unspecified atom stereocenters. The van der Waals surface area contributed by atoms with Crippen molar-refractivity contribution in [3.63, 3.8) is 0 Å². The molecular weight excluding hydrogens is 555 g/mol. The van der Waals surface area contributed by atoms with Gasteiger partial charge in [0.05, 0.1) is 6.07 Å². The highest BCUT2D eigenvalue weighted by Crippen LogP contribution is 2.65. The van der Waals surface area contributed by atoms with Crippen molar-refractivity contribution >= 4 is 23.6 Å². The summed E-state index contributed by atoms with van der Waals surface area (Å²) in [5.41, 5.74) is -0.771. The fourth-order valence-electron chi connectivity index (χ4n) is 6.45. The molecule has 228 valence electrons. The zero-order chi connectivity index (χ0) is 31.2. The Labute approximate surface area is 242 Å². The fourth-order valence-corrected chi connectivity index (χ4v) is 6.45. The third-order valence-corrected chi connectivity index (χ3v) is 8.69. The van der Waals surface area contributed by atoms with Crippen molar-refractivity contribution in [3.8, 4) is 11.8 Å². The van der Waals surface area contributed by atoms with Crippen LogP contribution < -0.4 is 20.7 Å². The van der Waals surface area contributed by atoms with Crippen molar-refractivity contribution in [2.45, 2.75) is 83.4 Å². The second-order valence-corrected chi connectivity index (χ2v) is 12.7. The highest BCUT2D eigenvalue weighted by Gasteiger charge is 2.70. The maximum atomic E-state index is 13.8. The summed E-state index contributed by atoms with van der Waals surface area (Å²) in [5, 5.41) is 17.1. The fraction of sp³-hybridized carbons (Fsp3) is 0.621. The number of fused-ring (bicyclic) bond motifs is 1. The standard InChI is InChI=1S/C29H36F3N5O5/c1-15(42-18-9-7-6-8-10-18)21(35-26(41)29(30,31)32)25(40)37-14-19-20(28(19,4)5)22(37)24(39)34-17(13-33)11-16-12-27(2,3)36-23(16)38/h6-10,15-17,19-22H,11-12,14H2,1-5H3,(H,34,39)(H,35,41)(H,36,38)/t15-,16-,17+,19?,20?,21+,22?/m1/s1. The van der Waals surface area contributed by atoms with Crippen LogP contribution in [0.15, 0.2) is 30.3 Å². The van der Waals surface area contributed by atoms with Gasteiger partial charge >= 0.3 is 12.1 Å². The van der Waals surface area contributed by atoms with Crippen LogP contribution in [-0.4, -0.2) is 71.0 Å². The normalized spacial score (nSPS) is 27.5. The average Bonchev–Trinajstić information content (AvgIpc) is 3.18. The molecule has 4 rings (SSSR count). The zero-order valence-corrected chi connectivity index (χ0v) is 24.1. The number of hydrogen-bond donors (Lipinski definition) is 3. The van der Waals surface area contributed by atoms with Gasteiger partial charge in [-0.3, -0.25) is 19.2 Å². The molecular formula is C29H36F3N5O5. The van der Waals surface area contributed by atoms with Gasteiger partial charge in [-0.1, -0.05) is 32.0 Å². The lowest BCUT2D eigenvalue weighted by Crippen LogP contribution is -2.61. The number of likely N-dealkylation sites (tertiary alicyclic amines) is 1. The molecule has 4 amide bonds. The van der Waals surface area contributed by atoms with Gasteiger partial charge in [0.25, 0.3) is 0 Å². The van der Waals surface area contributed by atoms with Crippen molar-refractivity contribution in [1.29, 1.82) is 5.26 Å². The van der Waals surface area contributed by atoms with Gasteiger partial charge in [0.1, 0.15) is 30.0 Å². The zero-order valence-electron chi connectivity index (χ0n) is 24.1. The summed E-state index contributed by atoms with van der Waals surface area (Å²) >= 11 is 0. The third-order valence-electron chi connectivity index (χ3n) is 8.69. The van der Waals surface area contributed by atoms with Gasteiger partial charge in [0.2, 0.25) is 17.7 Å². The van der Waals surface area contributed by atoms with Crippen LogP contribution in [0.1, 0.15) is 47.5 Å². The monoisotopic (exact) mass is 591 g/mol. The highest BCUT2D eigenvalue weighted by molar-refractivity contribution is 5.95. The highest BCUT2D eigenvalue weighted by atomic mass is 19.4. The molecule has 1 aromatic carbocycles. The Morgan fingerprint density at radius 2 is 1.81 bits per heavy atom. The molecule has 0 radical (unpaired) electrons. The summed E-state index contributed by atoms with van der Waals surface area (Å²) in [4.78, 5) is 53.0. The molecule has 1 saturated carbocycles. The topological polar surface area (TPSA) is 141 Å². The van der Waals surface area contributed by atoms with Gasteiger partial charge in [-0.15, -0.1) is 0 Å². The van der Waals surface area contributed by atoms with E-state index in [-0.39, 0.29) is 41.9 Å². The molecule has 10 nitrogen and oxygen atoms in total. The molecule has 42 heavy (non-hydrogen) atoms. The van der Waals surface area contributed by atoms with E-state index in [0.717, 1.165) is 0 Å². The predicted octanol–water partition coefficient (Wildman–Crippen LogP) is 2.30. The summed E-state index contributed by atoms with van der Waals surface area (Å²) < 4.78 is 45.4. The van der Waals surface area contributed by atoms with Crippen LogP contribution in [-0.2, 0) is 19.2 Å². The first-order valence-corrected chi connectivity index (χ1v) is 13.9. The Hall–Kier alpha value is -3.82. The number of nitrogens with one attached hydrogen (secondary N) is 3. The van der Waals surface area contributed by atoms with Gasteiger partial charge in [-0.25, -0.2) is 0 Å². The summed E-state index contributed by atoms with van der Waals surface area (Å²) in [5.74, 6) is -4.69. The number of benzene rings is 1. The van der Waals surface area contributed by atoms with E-state index in [2.05, 4.69) is 10.6 Å². The molecule has 3 aliphatic rings. The summed E-state index contributed by atoms with van der Waals surface area (Å²) in [6.07, 6.45) is -5.93. The van der Waals surface area contributed by atoms with Gasteiger partial charge in [-0.2, -0.15) is 18.4 Å². The number of halogens is 3. The number of ether oxygens (including phenoxy) is 1. The Morgan fingerprint density at radius 1 is 1.17 bits per heavy atom. The maximum Gasteiger partial charge on any atom is 0.471 e. The number of para-hydroxylation sites is 1. The number of rotatable bonds is 9. The van der Waals surface area contributed by atoms with Gasteiger partial charge in [-0.05, 0) is 63.0 Å². The SMILES string of the molecule is C[C@@H](Oc1ccccc1)[C@H](NC(=O)C(F)(F)F)C(=O)N1CC2C(C1C(=O)N[C@H](C#N)C[C@@H]1CC(C)(C)NC1=O)C2(C)C. The van der Waals surface area contributed by atoms with Crippen LogP contribution in [0.4, 0.5) is 13.2 Å². The molecule has 1 aromatic rings. The number of carbonyl (C=O) groups is 4. The van der Waals surface area contributed by atoms with E-state index in [9.17, 15) is 37.6 Å². The van der Waals surface area contributed by atoms with Crippen molar-refractivity contribution in [2.24, 2.45) is 23.2 Å². The molecule has 2 aliphatic heterocycles. The lowest BCUT2D eigenvalue weighted by atomic mass is 9.91. The lowest BCUT2D eigenvalue weighted by Gasteiger charge is -2.35. The van der Waals surface area contributed by atoms with E-state index in [4.69, 9.17) is 4.74 Å². The lowest BCUT2D eigenvalue weighted by molar-refractivity contribution is -0.176. The maximum absolute atomic E-state index is 13.8. The molecule has 2 heterocycles. The van der Waals surface area contributed by atoms with Crippen molar-refractivity contribution < 1.29 is 37.1 Å². The summed E-state index contributed by atoms with van der Waals surface area (Å²) in [6.45, 7) is 9.03. The summed E-state index contributed by atoms with van der Waals surface area (Å²) in [6, 6.07) is 6.26. The molecule has 7 atom stereocenters. The van der Waals surface area contributed by atoms with E-state index < -0.39 is 59.6 Å². The van der Waals surface area contributed by atoms with Gasteiger partial charge in [0, 0.05) is 18.0 Å². The minimum Gasteiger partial charge on any atom is -0.488 e. The summed E-state index contributed by atoms with van der Waals surface area (Å²) in [7, 11) is 0. The molecule has 0 spiro atoms. The van der Waals surface area contributed by atoms with Crippen molar-refractivity contribution in [2.75, 3.05) is 6.54 Å². The Balaban J connectivity index is 1.55. The number of carbonyl (C=O) groups excluding carboxylic acids is 4. The Bertz CT molecular complexity index is 1280. The van der Waals surface area contributed by atoms with Crippen LogP contribution in [0.25, 0.3) is 0 Å².